The number of anilines is 1. The van der Waals surface area contributed by atoms with E-state index in [9.17, 15) is 0 Å². The number of nitrogens with zero attached hydrogens (tertiary/aromatic N) is 1. The van der Waals surface area contributed by atoms with Gasteiger partial charge in [0.25, 0.3) is 0 Å². The van der Waals surface area contributed by atoms with Gasteiger partial charge >= 0.3 is 0 Å². The Labute approximate surface area is 121 Å². The summed E-state index contributed by atoms with van der Waals surface area (Å²) in [6, 6.07) is 8.80. The van der Waals surface area contributed by atoms with Crippen LogP contribution in [0.25, 0.3) is 0 Å². The van der Waals surface area contributed by atoms with Crippen LogP contribution in [0.4, 0.5) is 5.69 Å². The van der Waals surface area contributed by atoms with Gasteiger partial charge in [0.1, 0.15) is 0 Å². The molecular weight excluding hydrogens is 252 g/mol. The van der Waals surface area contributed by atoms with E-state index in [-0.39, 0.29) is 0 Å². The molecular formula is C16H26N2O2. The third-order valence-corrected chi connectivity index (χ3v) is 3.65. The normalized spacial score (nSPS) is 15.6. The smallest absolute Gasteiger partial charge is 0.0642 e. The molecule has 1 aromatic rings. The van der Waals surface area contributed by atoms with Gasteiger partial charge in [0.05, 0.1) is 13.2 Å². The molecule has 1 heterocycles. The van der Waals surface area contributed by atoms with Crippen LogP contribution in [0.3, 0.4) is 0 Å². The Morgan fingerprint density at radius 3 is 2.50 bits per heavy atom. The molecule has 112 valence electrons. The van der Waals surface area contributed by atoms with Crippen molar-refractivity contribution in [3.8, 4) is 0 Å². The first-order valence-corrected chi connectivity index (χ1v) is 7.63. The third kappa shape index (κ3) is 5.12. The number of morpholine rings is 1. The SMILES string of the molecule is OCCCCCNCc1ccc(N2CCOCC2)cc1. The van der Waals surface area contributed by atoms with Crippen molar-refractivity contribution in [3.05, 3.63) is 29.8 Å². The second-order valence-corrected chi connectivity index (χ2v) is 5.23. The monoisotopic (exact) mass is 278 g/mol. The van der Waals surface area contributed by atoms with Crippen LogP contribution in [-0.2, 0) is 11.3 Å². The topological polar surface area (TPSA) is 44.7 Å². The van der Waals surface area contributed by atoms with Crippen molar-refractivity contribution >= 4 is 5.69 Å². The summed E-state index contributed by atoms with van der Waals surface area (Å²) in [5.74, 6) is 0. The zero-order chi connectivity index (χ0) is 14.0. The molecule has 1 saturated heterocycles. The minimum absolute atomic E-state index is 0.309. The maximum Gasteiger partial charge on any atom is 0.0642 e. The summed E-state index contributed by atoms with van der Waals surface area (Å²) in [4.78, 5) is 2.37. The first kappa shape index (κ1) is 15.3. The second-order valence-electron chi connectivity index (χ2n) is 5.23. The lowest BCUT2D eigenvalue weighted by Gasteiger charge is -2.28. The number of hydrogen-bond acceptors (Lipinski definition) is 4. The molecule has 4 heteroatoms. The number of rotatable bonds is 8. The Kier molecular flexibility index (Phi) is 6.84. The first-order valence-electron chi connectivity index (χ1n) is 7.63. The Morgan fingerprint density at radius 2 is 1.80 bits per heavy atom. The minimum Gasteiger partial charge on any atom is -0.396 e. The minimum atomic E-state index is 0.309. The van der Waals surface area contributed by atoms with Gasteiger partial charge < -0.3 is 20.1 Å². The average molecular weight is 278 g/mol. The van der Waals surface area contributed by atoms with Gasteiger partial charge in [-0.25, -0.2) is 0 Å². The predicted octanol–water partition coefficient (Wildman–Crippen LogP) is 1.78. The quantitative estimate of drug-likeness (QED) is 0.712. The van der Waals surface area contributed by atoms with Crippen molar-refractivity contribution in [1.82, 2.24) is 5.32 Å². The van der Waals surface area contributed by atoms with Gasteiger partial charge in [-0.2, -0.15) is 0 Å². The number of benzene rings is 1. The van der Waals surface area contributed by atoms with Gasteiger partial charge in [-0.3, -0.25) is 0 Å². The van der Waals surface area contributed by atoms with Crippen molar-refractivity contribution in [2.24, 2.45) is 0 Å². The molecule has 0 radical (unpaired) electrons. The predicted molar refractivity (Wildman–Crippen MR) is 82.1 cm³/mol. The number of aliphatic hydroxyl groups is 1. The lowest BCUT2D eigenvalue weighted by atomic mass is 10.2. The molecule has 2 rings (SSSR count). The molecule has 2 N–H and O–H groups in total. The molecule has 0 aromatic heterocycles. The Morgan fingerprint density at radius 1 is 1.05 bits per heavy atom. The van der Waals surface area contributed by atoms with E-state index >= 15 is 0 Å². The average Bonchev–Trinajstić information content (AvgIpc) is 2.52. The third-order valence-electron chi connectivity index (χ3n) is 3.65. The fourth-order valence-electron chi connectivity index (χ4n) is 2.42. The van der Waals surface area contributed by atoms with E-state index in [1.165, 1.54) is 11.3 Å². The van der Waals surface area contributed by atoms with Crippen molar-refractivity contribution in [2.75, 3.05) is 44.4 Å². The van der Waals surface area contributed by atoms with Crippen LogP contribution in [0.1, 0.15) is 24.8 Å². The van der Waals surface area contributed by atoms with Gasteiger partial charge in [-0.05, 0) is 43.5 Å². The molecule has 0 bridgehead atoms. The van der Waals surface area contributed by atoms with Crippen LogP contribution in [0.2, 0.25) is 0 Å². The molecule has 0 aliphatic carbocycles. The summed E-state index contributed by atoms with van der Waals surface area (Å²) in [6.45, 7) is 5.88. The highest BCUT2D eigenvalue weighted by Gasteiger charge is 2.10. The summed E-state index contributed by atoms with van der Waals surface area (Å²) >= 11 is 0. The van der Waals surface area contributed by atoms with Crippen LogP contribution < -0.4 is 10.2 Å². The maximum atomic E-state index is 8.70. The molecule has 1 fully saturated rings. The summed E-state index contributed by atoms with van der Waals surface area (Å²) in [6.07, 6.45) is 3.14. The highest BCUT2D eigenvalue weighted by Crippen LogP contribution is 2.16. The molecule has 0 saturated carbocycles. The lowest BCUT2D eigenvalue weighted by Crippen LogP contribution is -2.36. The van der Waals surface area contributed by atoms with Crippen LogP contribution in [0, 0.1) is 0 Å². The zero-order valence-corrected chi connectivity index (χ0v) is 12.2. The van der Waals surface area contributed by atoms with Gasteiger partial charge in [-0.15, -0.1) is 0 Å². The molecule has 1 aliphatic rings. The van der Waals surface area contributed by atoms with E-state index in [1.54, 1.807) is 0 Å². The van der Waals surface area contributed by atoms with Gasteiger partial charge in [0.2, 0.25) is 0 Å². The van der Waals surface area contributed by atoms with Crippen LogP contribution >= 0.6 is 0 Å². The summed E-state index contributed by atoms with van der Waals surface area (Å²) in [7, 11) is 0. The highest BCUT2D eigenvalue weighted by molar-refractivity contribution is 5.47. The van der Waals surface area contributed by atoms with Gasteiger partial charge in [0, 0.05) is 31.9 Å². The van der Waals surface area contributed by atoms with Crippen LogP contribution in [0.15, 0.2) is 24.3 Å². The van der Waals surface area contributed by atoms with E-state index in [0.29, 0.717) is 6.61 Å². The van der Waals surface area contributed by atoms with E-state index in [0.717, 1.165) is 58.7 Å². The molecule has 0 spiro atoms. The van der Waals surface area contributed by atoms with E-state index < -0.39 is 0 Å². The largest absolute Gasteiger partial charge is 0.396 e. The van der Waals surface area contributed by atoms with Crippen LogP contribution in [0.5, 0.6) is 0 Å². The number of unbranched alkanes of at least 4 members (excludes halogenated alkanes) is 2. The van der Waals surface area contributed by atoms with E-state index in [2.05, 4.69) is 34.5 Å². The zero-order valence-electron chi connectivity index (χ0n) is 12.2. The van der Waals surface area contributed by atoms with E-state index in [4.69, 9.17) is 9.84 Å². The molecule has 0 amide bonds. The summed E-state index contributed by atoms with van der Waals surface area (Å²) < 4.78 is 5.37. The van der Waals surface area contributed by atoms with Crippen molar-refractivity contribution in [2.45, 2.75) is 25.8 Å². The lowest BCUT2D eigenvalue weighted by molar-refractivity contribution is 0.122. The van der Waals surface area contributed by atoms with Gasteiger partial charge in [-0.1, -0.05) is 12.1 Å². The molecule has 0 unspecified atom stereocenters. The number of nitrogens with one attached hydrogen (secondary N) is 1. The van der Waals surface area contributed by atoms with Crippen LogP contribution in [-0.4, -0.2) is 44.6 Å². The number of ether oxygens (including phenoxy) is 1. The number of hydrogen-bond donors (Lipinski definition) is 2. The maximum absolute atomic E-state index is 8.70. The van der Waals surface area contributed by atoms with E-state index in [1.807, 2.05) is 0 Å². The number of aliphatic hydroxyl groups excluding tert-OH is 1. The van der Waals surface area contributed by atoms with Crippen molar-refractivity contribution in [1.29, 1.82) is 0 Å². The van der Waals surface area contributed by atoms with Crippen molar-refractivity contribution < 1.29 is 9.84 Å². The van der Waals surface area contributed by atoms with Crippen molar-refractivity contribution in [3.63, 3.8) is 0 Å². The molecule has 4 nitrogen and oxygen atoms in total. The molecule has 1 aromatic carbocycles. The molecule has 20 heavy (non-hydrogen) atoms. The standard InChI is InChI=1S/C16H26N2O2/c19-11-3-1-2-8-17-14-15-4-6-16(7-5-15)18-9-12-20-13-10-18/h4-7,17,19H,1-3,8-14H2. The summed E-state index contributed by atoms with van der Waals surface area (Å²) in [5, 5.41) is 12.1. The molecule has 0 atom stereocenters. The highest BCUT2D eigenvalue weighted by atomic mass is 16.5. The first-order chi connectivity index (χ1) is 9.90. The fraction of sp³-hybridized carbons (Fsp3) is 0.625. The molecule has 1 aliphatic heterocycles. The fourth-order valence-corrected chi connectivity index (χ4v) is 2.42. The Hall–Kier alpha value is -1.10. The Balaban J connectivity index is 1.68. The Bertz CT molecular complexity index is 361. The van der Waals surface area contributed by atoms with Gasteiger partial charge in [0.15, 0.2) is 0 Å². The summed E-state index contributed by atoms with van der Waals surface area (Å²) in [5.41, 5.74) is 2.61. The second kappa shape index (κ2) is 8.95.